The van der Waals surface area contributed by atoms with Crippen molar-refractivity contribution in [3.05, 3.63) is 143 Å². The summed E-state index contributed by atoms with van der Waals surface area (Å²) in [5.41, 5.74) is 4.30. The maximum absolute atomic E-state index is 14.1. The van der Waals surface area contributed by atoms with Crippen LogP contribution in [0.4, 0.5) is 13.2 Å². The highest BCUT2D eigenvalue weighted by atomic mass is 19.2. The molecule has 0 N–H and O–H groups in total. The first kappa shape index (κ1) is 28.9. The van der Waals surface area contributed by atoms with Crippen LogP contribution in [0.25, 0.3) is 54.2 Å². The summed E-state index contributed by atoms with van der Waals surface area (Å²) in [5.74, 6) is -5.81. The van der Waals surface area contributed by atoms with E-state index in [2.05, 4.69) is 97.1 Å². The maximum atomic E-state index is 14.1. The van der Waals surface area contributed by atoms with Crippen molar-refractivity contribution in [1.29, 1.82) is 0 Å². The summed E-state index contributed by atoms with van der Waals surface area (Å²) in [7, 11) is 0. The van der Waals surface area contributed by atoms with Crippen molar-refractivity contribution < 1.29 is 27.5 Å². The van der Waals surface area contributed by atoms with Crippen molar-refractivity contribution in [3.8, 4) is 11.1 Å². The van der Waals surface area contributed by atoms with Gasteiger partial charge in [-0.15, -0.1) is 0 Å². The number of Topliss-reactive ketones (excluding diaryl/α,β-unsaturated/α-hetero) is 1. The Hall–Kier alpha value is -5.49. The van der Waals surface area contributed by atoms with Crippen LogP contribution in [0, 0.1) is 17.5 Å². The van der Waals surface area contributed by atoms with Crippen LogP contribution in [0.1, 0.15) is 46.7 Å². The molecule has 0 heterocycles. The summed E-state index contributed by atoms with van der Waals surface area (Å²) in [5, 5.41) is 9.52. The largest absolute Gasteiger partial charge is 0.465 e. The van der Waals surface area contributed by atoms with Crippen molar-refractivity contribution in [2.45, 2.75) is 25.2 Å². The van der Waals surface area contributed by atoms with Gasteiger partial charge in [-0.05, 0) is 84.3 Å². The molecule has 0 spiro atoms. The number of halogens is 3. The van der Waals surface area contributed by atoms with Crippen LogP contribution in [0.15, 0.2) is 109 Å². The van der Waals surface area contributed by atoms with Crippen molar-refractivity contribution in [2.24, 2.45) is 0 Å². The van der Waals surface area contributed by atoms with Crippen molar-refractivity contribution in [2.75, 3.05) is 6.61 Å². The Balaban J connectivity index is 1.18. The summed E-state index contributed by atoms with van der Waals surface area (Å²) in [6.45, 7) is 0.0462. The minimum Gasteiger partial charge on any atom is -0.465 e. The molecule has 1 aliphatic rings. The van der Waals surface area contributed by atoms with Gasteiger partial charge in [-0.25, -0.2) is 13.2 Å². The number of carbonyl (C=O) groups excluding carboxylic acids is 2. The molecule has 0 aliphatic heterocycles. The predicted molar refractivity (Wildman–Crippen MR) is 179 cm³/mol. The lowest BCUT2D eigenvalue weighted by molar-refractivity contribution is -0.142. The molecule has 7 aromatic carbocycles. The van der Waals surface area contributed by atoms with Gasteiger partial charge >= 0.3 is 5.97 Å². The van der Waals surface area contributed by atoms with E-state index in [9.17, 15) is 22.8 Å². The lowest BCUT2D eigenvalue weighted by atomic mass is 9.85. The molecule has 6 heteroatoms. The topological polar surface area (TPSA) is 43.4 Å². The Bertz CT molecular complexity index is 2310. The van der Waals surface area contributed by atoms with E-state index in [4.69, 9.17) is 4.74 Å². The summed E-state index contributed by atoms with van der Waals surface area (Å²) in [6, 6.07) is 34.8. The van der Waals surface area contributed by atoms with E-state index in [0.29, 0.717) is 25.0 Å². The number of hydrogen-bond acceptors (Lipinski definition) is 3. The fourth-order valence-electron chi connectivity index (χ4n) is 7.52. The number of esters is 1. The lowest BCUT2D eigenvalue weighted by Gasteiger charge is -2.19. The molecular weight excluding hydrogens is 597 g/mol. The molecule has 0 fully saturated rings. The van der Waals surface area contributed by atoms with Crippen molar-refractivity contribution in [1.82, 2.24) is 0 Å². The molecule has 8 rings (SSSR count). The Kier molecular flexibility index (Phi) is 7.02. The minimum absolute atomic E-state index is 0.000586. The van der Waals surface area contributed by atoms with Crippen LogP contribution in [0.3, 0.4) is 0 Å². The van der Waals surface area contributed by atoms with Crippen LogP contribution in [-0.2, 0) is 9.53 Å². The molecule has 0 atom stereocenters. The molecule has 1 aliphatic carbocycles. The Morgan fingerprint density at radius 1 is 0.553 bits per heavy atom. The quantitative estimate of drug-likeness (QED) is 0.0443. The second kappa shape index (κ2) is 11.4. The number of ketones is 1. The third-order valence-electron chi connectivity index (χ3n) is 9.41. The van der Waals surface area contributed by atoms with E-state index in [1.165, 1.54) is 65.3 Å². The Morgan fingerprint density at radius 3 is 1.49 bits per heavy atom. The second-order valence-corrected chi connectivity index (χ2v) is 12.0. The molecular formula is C41H27F3O3. The number of ether oxygens (including phenoxy) is 1. The molecule has 0 saturated heterocycles. The van der Waals surface area contributed by atoms with Crippen LogP contribution in [-0.4, -0.2) is 18.4 Å². The van der Waals surface area contributed by atoms with Crippen molar-refractivity contribution in [3.63, 3.8) is 0 Å². The molecule has 0 amide bonds. The smallest absolute Gasteiger partial charge is 0.313 e. The summed E-state index contributed by atoms with van der Waals surface area (Å²) < 4.78 is 46.5. The molecule has 230 valence electrons. The average molecular weight is 625 g/mol. The number of carbonyl (C=O) groups is 2. The summed E-state index contributed by atoms with van der Waals surface area (Å²) >= 11 is 0. The predicted octanol–water partition coefficient (Wildman–Crippen LogP) is 10.4. The Labute approximate surface area is 268 Å². The van der Waals surface area contributed by atoms with Gasteiger partial charge in [0.1, 0.15) is 12.2 Å². The van der Waals surface area contributed by atoms with Gasteiger partial charge in [0, 0.05) is 12.0 Å². The van der Waals surface area contributed by atoms with Gasteiger partial charge in [0.05, 0.1) is 12.2 Å². The number of fused-ring (bicyclic) bond motifs is 13. The van der Waals surface area contributed by atoms with E-state index in [1.807, 2.05) is 0 Å². The van der Waals surface area contributed by atoms with Gasteiger partial charge in [-0.2, -0.15) is 0 Å². The number of benzene rings is 7. The van der Waals surface area contributed by atoms with E-state index >= 15 is 0 Å². The average Bonchev–Trinajstić information content (AvgIpc) is 3.44. The normalized spacial score (nSPS) is 12.6. The molecule has 0 unspecified atom stereocenters. The van der Waals surface area contributed by atoms with Gasteiger partial charge in [0.15, 0.2) is 17.4 Å². The van der Waals surface area contributed by atoms with E-state index < -0.39 is 41.2 Å². The molecule has 0 saturated carbocycles. The Morgan fingerprint density at radius 2 is 0.979 bits per heavy atom. The third kappa shape index (κ3) is 4.66. The van der Waals surface area contributed by atoms with E-state index in [-0.39, 0.29) is 12.5 Å². The number of hydrogen-bond donors (Lipinski definition) is 0. The molecule has 0 aromatic heterocycles. The highest BCUT2D eigenvalue weighted by Gasteiger charge is 2.35. The van der Waals surface area contributed by atoms with Gasteiger partial charge in [0.2, 0.25) is 0 Å². The van der Waals surface area contributed by atoms with E-state index in [0.717, 1.165) is 0 Å². The highest BCUT2D eigenvalue weighted by molar-refractivity contribution is 6.25. The van der Waals surface area contributed by atoms with Gasteiger partial charge < -0.3 is 4.74 Å². The minimum atomic E-state index is -1.40. The standard InChI is InChI=1S/C41H27F3O3/c42-33-21-35(44)34(43)20-32(33)36(45)22-37(46)47-19-9-18-31-38-27-14-5-1-10-23(27)25-12-3-7-16-29(25)40(38)41-30-17-8-4-13-26(30)24-11-2-6-15-28(24)39(31)41/h1-8,10-17,20-21,31H,9,18-19,22H2. The van der Waals surface area contributed by atoms with Crippen LogP contribution >= 0.6 is 0 Å². The third-order valence-corrected chi connectivity index (χ3v) is 9.41. The number of rotatable bonds is 7. The fourth-order valence-corrected chi connectivity index (χ4v) is 7.52. The first-order valence-corrected chi connectivity index (χ1v) is 15.6. The summed E-state index contributed by atoms with van der Waals surface area (Å²) in [4.78, 5) is 25.1. The van der Waals surface area contributed by atoms with Gasteiger partial charge in [0.25, 0.3) is 0 Å². The first-order chi connectivity index (χ1) is 22.9. The molecule has 0 bridgehead atoms. The van der Waals surface area contributed by atoms with Crippen LogP contribution in [0.2, 0.25) is 0 Å². The SMILES string of the molecule is O=C(CC(=O)c1cc(F)c(F)cc1F)OCCCC1c2c(c3ccccc3c3ccccc23)-c2c1c1ccccc1c1ccccc21. The second-order valence-electron chi connectivity index (χ2n) is 12.0. The maximum Gasteiger partial charge on any atom is 0.313 e. The zero-order valence-electron chi connectivity index (χ0n) is 25.2. The molecule has 3 nitrogen and oxygen atoms in total. The molecule has 7 aromatic rings. The fraction of sp³-hybridized carbons (Fsp3) is 0.122. The monoisotopic (exact) mass is 624 g/mol. The van der Waals surface area contributed by atoms with Gasteiger partial charge in [-0.1, -0.05) is 97.1 Å². The van der Waals surface area contributed by atoms with E-state index in [1.54, 1.807) is 0 Å². The van der Waals surface area contributed by atoms with Crippen LogP contribution in [0.5, 0.6) is 0 Å². The van der Waals surface area contributed by atoms with Crippen LogP contribution < -0.4 is 0 Å². The lowest BCUT2D eigenvalue weighted by Crippen LogP contribution is -2.14. The van der Waals surface area contributed by atoms with Crippen molar-refractivity contribution >= 4 is 54.8 Å². The van der Waals surface area contributed by atoms with Gasteiger partial charge in [-0.3, -0.25) is 9.59 Å². The first-order valence-electron chi connectivity index (χ1n) is 15.6. The highest BCUT2D eigenvalue weighted by Crippen LogP contribution is 2.57. The molecule has 0 radical (unpaired) electrons. The summed E-state index contributed by atoms with van der Waals surface area (Å²) in [6.07, 6.45) is 0.402. The molecule has 47 heavy (non-hydrogen) atoms. The zero-order chi connectivity index (χ0) is 32.2. The zero-order valence-corrected chi connectivity index (χ0v) is 25.2.